The first-order valence-electron chi connectivity index (χ1n) is 8.98. The smallest absolute Gasteiger partial charge is 0.275 e. The van der Waals surface area contributed by atoms with Crippen LogP contribution in [0.1, 0.15) is 13.8 Å². The summed E-state index contributed by atoms with van der Waals surface area (Å²) >= 11 is 0. The molecule has 0 atom stereocenters. The van der Waals surface area contributed by atoms with Crippen LogP contribution in [0.25, 0.3) is 22.0 Å². The highest BCUT2D eigenvalue weighted by atomic mass is 16.2. The highest BCUT2D eigenvalue weighted by molar-refractivity contribution is 5.93. The Kier molecular flexibility index (Phi) is 5.50. The van der Waals surface area contributed by atoms with E-state index in [9.17, 15) is 9.59 Å². The Bertz CT molecular complexity index is 1040. The highest BCUT2D eigenvalue weighted by Gasteiger charge is 2.17. The third-order valence-corrected chi connectivity index (χ3v) is 4.40. The molecule has 0 unspecified atom stereocenters. The molecule has 1 aromatic heterocycles. The zero-order chi connectivity index (χ0) is 19.4. The van der Waals surface area contributed by atoms with Crippen molar-refractivity contribution in [3.05, 3.63) is 77.1 Å². The maximum atomic E-state index is 12.9. The van der Waals surface area contributed by atoms with Gasteiger partial charge >= 0.3 is 0 Å². The van der Waals surface area contributed by atoms with Gasteiger partial charge in [0.2, 0.25) is 5.91 Å². The van der Waals surface area contributed by atoms with Crippen molar-refractivity contribution in [1.29, 1.82) is 0 Å². The first-order valence-corrected chi connectivity index (χ1v) is 8.98. The van der Waals surface area contributed by atoms with E-state index in [1.54, 1.807) is 11.0 Å². The van der Waals surface area contributed by atoms with Crippen molar-refractivity contribution < 1.29 is 4.79 Å². The largest absolute Gasteiger partial charge is 0.337 e. The minimum atomic E-state index is -0.259. The number of likely N-dealkylation sites (N-methyl/N-ethyl adjacent to an activating group) is 1. The molecule has 0 spiro atoms. The second-order valence-corrected chi connectivity index (χ2v) is 6.59. The van der Waals surface area contributed by atoms with Crippen LogP contribution in [0, 0.1) is 0 Å². The van der Waals surface area contributed by atoms with Crippen LogP contribution in [0.3, 0.4) is 0 Å². The molecule has 1 amide bonds. The molecule has 0 saturated heterocycles. The Hall–Kier alpha value is -3.21. The van der Waals surface area contributed by atoms with E-state index < -0.39 is 0 Å². The van der Waals surface area contributed by atoms with Crippen LogP contribution in [-0.2, 0) is 11.3 Å². The van der Waals surface area contributed by atoms with Crippen LogP contribution in [0.5, 0.6) is 0 Å². The summed E-state index contributed by atoms with van der Waals surface area (Å²) in [4.78, 5) is 27.3. The Labute approximate surface area is 158 Å². The molecule has 0 N–H and O–H groups in total. The number of hydrogen-bond donors (Lipinski definition) is 0. The summed E-state index contributed by atoms with van der Waals surface area (Å²) in [6.07, 6.45) is 0. The monoisotopic (exact) mass is 361 g/mol. The topological polar surface area (TPSA) is 55.2 Å². The van der Waals surface area contributed by atoms with Gasteiger partial charge < -0.3 is 4.90 Å². The van der Waals surface area contributed by atoms with Crippen molar-refractivity contribution in [3.63, 3.8) is 0 Å². The average molecular weight is 361 g/mol. The molecule has 3 aromatic rings. The van der Waals surface area contributed by atoms with Crippen molar-refractivity contribution in [2.45, 2.75) is 20.4 Å². The van der Waals surface area contributed by atoms with E-state index in [-0.39, 0.29) is 18.0 Å². The quantitative estimate of drug-likeness (QED) is 0.632. The van der Waals surface area contributed by atoms with E-state index in [2.05, 4.69) is 11.7 Å². The lowest BCUT2D eigenvalue weighted by Gasteiger charge is -2.21. The van der Waals surface area contributed by atoms with E-state index in [1.165, 1.54) is 4.68 Å². The molecule has 3 rings (SSSR count). The fourth-order valence-corrected chi connectivity index (χ4v) is 3.08. The summed E-state index contributed by atoms with van der Waals surface area (Å²) in [6.45, 7) is 8.59. The third kappa shape index (κ3) is 3.97. The van der Waals surface area contributed by atoms with Gasteiger partial charge in [-0.1, -0.05) is 60.7 Å². The summed E-state index contributed by atoms with van der Waals surface area (Å²) in [5, 5.41) is 5.88. The standard InChI is InChI=1S/C22H23N3O2/c1-4-24(14-16(2)3)20(26)15-25-22(27)19-13-9-8-12-18(19)21(23-25)17-10-6-5-7-11-17/h5-13H,2,4,14-15H2,1,3H3. The molecular weight excluding hydrogens is 338 g/mol. The van der Waals surface area contributed by atoms with Crippen LogP contribution >= 0.6 is 0 Å². The molecule has 27 heavy (non-hydrogen) atoms. The van der Waals surface area contributed by atoms with Crippen LogP contribution in [0.4, 0.5) is 0 Å². The van der Waals surface area contributed by atoms with Crippen molar-refractivity contribution in [3.8, 4) is 11.3 Å². The predicted octanol–water partition coefficient (Wildman–Crippen LogP) is 3.49. The Morgan fingerprint density at radius 1 is 1.07 bits per heavy atom. The molecule has 0 aliphatic heterocycles. The number of benzene rings is 2. The lowest BCUT2D eigenvalue weighted by molar-refractivity contribution is -0.131. The summed E-state index contributed by atoms with van der Waals surface area (Å²) < 4.78 is 1.27. The average Bonchev–Trinajstić information content (AvgIpc) is 2.68. The van der Waals surface area contributed by atoms with E-state index in [0.717, 1.165) is 16.5 Å². The maximum absolute atomic E-state index is 12.9. The van der Waals surface area contributed by atoms with Crippen LogP contribution in [0.2, 0.25) is 0 Å². The maximum Gasteiger partial charge on any atom is 0.275 e. The second-order valence-electron chi connectivity index (χ2n) is 6.59. The number of amides is 1. The number of hydrogen-bond acceptors (Lipinski definition) is 3. The van der Waals surface area contributed by atoms with Gasteiger partial charge in [-0.2, -0.15) is 5.10 Å². The van der Waals surface area contributed by atoms with Crippen LogP contribution in [-0.4, -0.2) is 33.7 Å². The van der Waals surface area contributed by atoms with Gasteiger partial charge in [0.15, 0.2) is 0 Å². The van der Waals surface area contributed by atoms with Crippen LogP contribution < -0.4 is 5.56 Å². The van der Waals surface area contributed by atoms with E-state index in [1.807, 2.05) is 62.4 Å². The molecule has 0 fully saturated rings. The molecule has 1 heterocycles. The van der Waals surface area contributed by atoms with Gasteiger partial charge in [0.25, 0.3) is 5.56 Å². The molecular formula is C22H23N3O2. The Morgan fingerprint density at radius 3 is 2.33 bits per heavy atom. The van der Waals surface area contributed by atoms with E-state index >= 15 is 0 Å². The molecule has 0 aliphatic rings. The molecule has 0 radical (unpaired) electrons. The number of carbonyl (C=O) groups excluding carboxylic acids is 1. The number of carbonyl (C=O) groups is 1. The van der Waals surface area contributed by atoms with Crippen molar-refractivity contribution in [1.82, 2.24) is 14.7 Å². The highest BCUT2D eigenvalue weighted by Crippen LogP contribution is 2.24. The van der Waals surface area contributed by atoms with Gasteiger partial charge in [-0.25, -0.2) is 4.68 Å². The van der Waals surface area contributed by atoms with Crippen molar-refractivity contribution in [2.24, 2.45) is 0 Å². The van der Waals surface area contributed by atoms with Gasteiger partial charge in [0.05, 0.1) is 11.1 Å². The molecule has 0 bridgehead atoms. The Balaban J connectivity index is 2.09. The summed E-state index contributed by atoms with van der Waals surface area (Å²) in [6, 6.07) is 17.1. The van der Waals surface area contributed by atoms with Gasteiger partial charge in [-0.3, -0.25) is 9.59 Å². The molecule has 138 valence electrons. The zero-order valence-electron chi connectivity index (χ0n) is 15.7. The minimum Gasteiger partial charge on any atom is -0.337 e. The van der Waals surface area contributed by atoms with E-state index in [0.29, 0.717) is 24.2 Å². The minimum absolute atomic E-state index is 0.0926. The summed E-state index contributed by atoms with van der Waals surface area (Å²) in [5.41, 5.74) is 2.24. The first-order chi connectivity index (χ1) is 13.0. The lowest BCUT2D eigenvalue weighted by atomic mass is 10.1. The number of aromatic nitrogens is 2. The molecule has 5 nitrogen and oxygen atoms in total. The lowest BCUT2D eigenvalue weighted by Crippen LogP contribution is -2.38. The fraction of sp³-hybridized carbons (Fsp3) is 0.227. The van der Waals surface area contributed by atoms with Crippen LogP contribution in [0.15, 0.2) is 71.5 Å². The van der Waals surface area contributed by atoms with Gasteiger partial charge in [0, 0.05) is 24.0 Å². The molecule has 0 saturated carbocycles. The SMILES string of the molecule is C=C(C)CN(CC)C(=O)Cn1nc(-c2ccccc2)c2ccccc2c1=O. The number of nitrogens with zero attached hydrogens (tertiary/aromatic N) is 3. The van der Waals surface area contributed by atoms with Crippen molar-refractivity contribution in [2.75, 3.05) is 13.1 Å². The predicted molar refractivity (Wildman–Crippen MR) is 109 cm³/mol. The van der Waals surface area contributed by atoms with Gasteiger partial charge in [-0.15, -0.1) is 0 Å². The second kappa shape index (κ2) is 7.99. The third-order valence-electron chi connectivity index (χ3n) is 4.40. The summed E-state index contributed by atoms with van der Waals surface area (Å²) in [5.74, 6) is -0.149. The van der Waals surface area contributed by atoms with Gasteiger partial charge in [0.1, 0.15) is 6.54 Å². The van der Waals surface area contributed by atoms with Gasteiger partial charge in [-0.05, 0) is 19.9 Å². The summed E-state index contributed by atoms with van der Waals surface area (Å²) in [7, 11) is 0. The molecule has 0 aliphatic carbocycles. The number of fused-ring (bicyclic) bond motifs is 1. The van der Waals surface area contributed by atoms with E-state index in [4.69, 9.17) is 0 Å². The fourth-order valence-electron chi connectivity index (χ4n) is 3.08. The first kappa shape index (κ1) is 18.6. The molecule has 2 aromatic carbocycles. The molecule has 5 heteroatoms. The Morgan fingerprint density at radius 2 is 1.70 bits per heavy atom. The van der Waals surface area contributed by atoms with Crippen molar-refractivity contribution >= 4 is 16.7 Å². The zero-order valence-corrected chi connectivity index (χ0v) is 15.7. The normalized spacial score (nSPS) is 10.7. The number of rotatable bonds is 6.